The van der Waals surface area contributed by atoms with E-state index in [4.69, 9.17) is 5.73 Å². The standard InChI is InChI=1S/C16H33NS2.C7H16.C5H12.C4H10.2C2H6/c1-5-8-16(19-18-12-11-17)13-15(4)10-7-9-14(3)6-2;1-4-5-6-7(2)3;1-4-5(2)3;1-3-4-2;2*1-2/h10,14,16H,5-9,11-13,17H2,1-4H3;7H,4-6H2,1-3H3;5H,4H2,1-3H3;3-4H2,1-2H3;2*1-2H3/b15-10+;;;;;. The van der Waals surface area contributed by atoms with Gasteiger partial charge < -0.3 is 5.73 Å². The van der Waals surface area contributed by atoms with Crippen LogP contribution in [0.1, 0.15) is 188 Å². The normalized spacial score (nSPS) is 11.7. The maximum atomic E-state index is 5.55. The molecule has 0 aliphatic rings. The van der Waals surface area contributed by atoms with E-state index in [1.807, 2.05) is 49.3 Å². The van der Waals surface area contributed by atoms with Crippen molar-refractivity contribution < 1.29 is 0 Å². The van der Waals surface area contributed by atoms with Crippen molar-refractivity contribution in [3.63, 3.8) is 0 Å². The lowest BCUT2D eigenvalue weighted by molar-refractivity contribution is 0.520. The summed E-state index contributed by atoms with van der Waals surface area (Å²) in [4.78, 5) is 0. The van der Waals surface area contributed by atoms with Gasteiger partial charge in [0.2, 0.25) is 0 Å². The van der Waals surface area contributed by atoms with Gasteiger partial charge in [0.1, 0.15) is 0 Å². The van der Waals surface area contributed by atoms with Gasteiger partial charge in [0, 0.05) is 17.5 Å². The lowest BCUT2D eigenvalue weighted by Crippen LogP contribution is -2.04. The fourth-order valence-corrected chi connectivity index (χ4v) is 5.27. The van der Waals surface area contributed by atoms with Crippen molar-refractivity contribution in [2.45, 2.75) is 193 Å². The lowest BCUT2D eigenvalue weighted by Gasteiger charge is -2.15. The number of hydrogen-bond donors (Lipinski definition) is 1. The maximum Gasteiger partial charge on any atom is 0.0188 e. The van der Waals surface area contributed by atoms with Gasteiger partial charge in [0.15, 0.2) is 0 Å². The highest BCUT2D eigenvalue weighted by atomic mass is 33.1. The molecule has 0 saturated carbocycles. The number of rotatable bonds is 17. The van der Waals surface area contributed by atoms with Crippen LogP contribution in [0.15, 0.2) is 11.6 Å². The van der Waals surface area contributed by atoms with Crippen molar-refractivity contribution >= 4 is 21.6 Å². The number of allylic oxidation sites excluding steroid dienone is 2. The third-order valence-electron chi connectivity index (χ3n) is 5.87. The van der Waals surface area contributed by atoms with Gasteiger partial charge in [-0.2, -0.15) is 0 Å². The van der Waals surface area contributed by atoms with Crippen LogP contribution in [0, 0.1) is 17.8 Å². The van der Waals surface area contributed by atoms with Crippen molar-refractivity contribution in [3.05, 3.63) is 11.6 Å². The molecular weight excluding hydrogens is 511 g/mol. The van der Waals surface area contributed by atoms with E-state index in [1.165, 1.54) is 77.0 Å². The predicted molar refractivity (Wildman–Crippen MR) is 198 cm³/mol. The molecule has 1 nitrogen and oxygen atoms in total. The molecule has 0 aliphatic heterocycles. The lowest BCUT2D eigenvalue weighted by atomic mass is 10.0. The van der Waals surface area contributed by atoms with Gasteiger partial charge in [-0.15, -0.1) is 0 Å². The summed E-state index contributed by atoms with van der Waals surface area (Å²) in [5.74, 6) is 3.72. The van der Waals surface area contributed by atoms with E-state index in [0.717, 1.165) is 35.3 Å². The van der Waals surface area contributed by atoms with Gasteiger partial charge in [0.05, 0.1) is 0 Å². The van der Waals surface area contributed by atoms with Crippen molar-refractivity contribution in [3.8, 4) is 0 Å². The van der Waals surface area contributed by atoms with E-state index in [-0.39, 0.29) is 0 Å². The highest BCUT2D eigenvalue weighted by molar-refractivity contribution is 8.76. The first-order chi connectivity index (χ1) is 18.6. The predicted octanol–water partition coefficient (Wildman–Crippen LogP) is 14.4. The third kappa shape index (κ3) is 67.8. The van der Waals surface area contributed by atoms with E-state index < -0.39 is 0 Å². The Bertz CT molecular complexity index is 378. The summed E-state index contributed by atoms with van der Waals surface area (Å²) >= 11 is 0. The zero-order chi connectivity index (χ0) is 31.9. The van der Waals surface area contributed by atoms with Gasteiger partial charge in [-0.25, -0.2) is 0 Å². The summed E-state index contributed by atoms with van der Waals surface area (Å²) in [6, 6.07) is 0. The van der Waals surface area contributed by atoms with Crippen LogP contribution in [0.2, 0.25) is 0 Å². The molecule has 244 valence electrons. The molecule has 3 heteroatoms. The van der Waals surface area contributed by atoms with E-state index >= 15 is 0 Å². The molecular formula is C36H83NS2. The molecule has 2 N–H and O–H groups in total. The van der Waals surface area contributed by atoms with Crippen molar-refractivity contribution in [1.82, 2.24) is 0 Å². The summed E-state index contributed by atoms with van der Waals surface area (Å²) in [5, 5.41) is 0.765. The Morgan fingerprint density at radius 2 is 1.21 bits per heavy atom. The first-order valence-electron chi connectivity index (χ1n) is 17.2. The molecule has 39 heavy (non-hydrogen) atoms. The largest absolute Gasteiger partial charge is 0.330 e. The molecule has 0 aromatic carbocycles. The molecule has 2 unspecified atom stereocenters. The van der Waals surface area contributed by atoms with E-state index in [1.54, 1.807) is 5.57 Å². The van der Waals surface area contributed by atoms with Crippen LogP contribution in [-0.4, -0.2) is 17.5 Å². The second kappa shape index (κ2) is 51.2. The van der Waals surface area contributed by atoms with Gasteiger partial charge in [-0.3, -0.25) is 0 Å². The number of nitrogens with two attached hydrogens (primary N) is 1. The first-order valence-corrected chi connectivity index (χ1v) is 19.6. The quantitative estimate of drug-likeness (QED) is 0.103. The van der Waals surface area contributed by atoms with Crippen LogP contribution in [-0.2, 0) is 0 Å². The second-order valence-corrected chi connectivity index (χ2v) is 13.6. The summed E-state index contributed by atoms with van der Waals surface area (Å²) in [7, 11) is 3.98. The Morgan fingerprint density at radius 1 is 0.692 bits per heavy atom. The molecule has 0 aromatic heterocycles. The van der Waals surface area contributed by atoms with Crippen molar-refractivity contribution in [1.29, 1.82) is 0 Å². The molecule has 0 radical (unpaired) electrons. The third-order valence-corrected chi connectivity index (χ3v) is 8.80. The molecule has 2 atom stereocenters. The summed E-state index contributed by atoms with van der Waals surface area (Å²) in [5.41, 5.74) is 7.12. The minimum absolute atomic E-state index is 0.765. The Morgan fingerprint density at radius 3 is 1.51 bits per heavy atom. The molecule has 0 amide bonds. The topological polar surface area (TPSA) is 26.0 Å². The van der Waals surface area contributed by atoms with Crippen LogP contribution in [0.25, 0.3) is 0 Å². The van der Waals surface area contributed by atoms with Crippen LogP contribution in [0.3, 0.4) is 0 Å². The van der Waals surface area contributed by atoms with Gasteiger partial charge in [-0.1, -0.05) is 188 Å². The first kappa shape index (κ1) is 52.1. The molecule has 0 rings (SSSR count). The average Bonchev–Trinajstić information content (AvgIpc) is 2.94. The summed E-state index contributed by atoms with van der Waals surface area (Å²) < 4.78 is 0. The fraction of sp³-hybridized carbons (Fsp3) is 0.944. The zero-order valence-corrected chi connectivity index (χ0v) is 32.3. The van der Waals surface area contributed by atoms with E-state index in [2.05, 4.69) is 89.2 Å². The van der Waals surface area contributed by atoms with E-state index in [0.29, 0.717) is 0 Å². The zero-order valence-electron chi connectivity index (χ0n) is 30.7. The van der Waals surface area contributed by atoms with Gasteiger partial charge in [-0.05, 0) is 50.4 Å². The van der Waals surface area contributed by atoms with Crippen LogP contribution >= 0.6 is 21.6 Å². The Balaban J connectivity index is -0.000000111. The van der Waals surface area contributed by atoms with Crippen molar-refractivity contribution in [2.24, 2.45) is 23.5 Å². The summed E-state index contributed by atoms with van der Waals surface area (Å²) in [6.07, 6.45) is 18.3. The molecule has 0 spiro atoms. The Labute approximate surface area is 261 Å². The molecule has 0 fully saturated rings. The molecule has 0 aliphatic carbocycles. The SMILES string of the molecule is CC.CC.CCC(C)C.CCCC.CCCC(C/C(C)=C/CCC(C)CC)SSCCN.CCCCC(C)C. The minimum atomic E-state index is 0.765. The molecule has 0 saturated heterocycles. The fourth-order valence-electron chi connectivity index (χ4n) is 2.57. The van der Waals surface area contributed by atoms with Crippen molar-refractivity contribution in [2.75, 3.05) is 12.3 Å². The van der Waals surface area contributed by atoms with Crippen LogP contribution in [0.4, 0.5) is 0 Å². The van der Waals surface area contributed by atoms with E-state index in [9.17, 15) is 0 Å². The number of unbranched alkanes of at least 4 members (excludes halogenated alkanes) is 2. The van der Waals surface area contributed by atoms with Gasteiger partial charge in [0.25, 0.3) is 0 Å². The maximum absolute atomic E-state index is 5.55. The monoisotopic (exact) mass is 594 g/mol. The second-order valence-electron chi connectivity index (χ2n) is 10.8. The number of hydrogen-bond acceptors (Lipinski definition) is 3. The smallest absolute Gasteiger partial charge is 0.0188 e. The Hall–Kier alpha value is 0.400. The molecule has 0 heterocycles. The Kier molecular flexibility index (Phi) is 68.3. The average molecular weight is 594 g/mol. The van der Waals surface area contributed by atoms with Crippen LogP contribution in [0.5, 0.6) is 0 Å². The molecule has 0 aromatic rings. The minimum Gasteiger partial charge on any atom is -0.330 e. The van der Waals surface area contributed by atoms with Gasteiger partial charge >= 0.3 is 0 Å². The van der Waals surface area contributed by atoms with Crippen LogP contribution < -0.4 is 5.73 Å². The summed E-state index contributed by atoms with van der Waals surface area (Å²) in [6.45, 7) is 35.8. The molecule has 0 bridgehead atoms. The highest BCUT2D eigenvalue weighted by Crippen LogP contribution is 2.33. The highest BCUT2D eigenvalue weighted by Gasteiger charge is 2.09.